The number of hydrogen-bond acceptors (Lipinski definition) is 3. The lowest BCUT2D eigenvalue weighted by molar-refractivity contribution is -0.123. The number of hydrogen-bond donors (Lipinski definition) is 1. The van der Waals surface area contributed by atoms with Crippen molar-refractivity contribution in [1.29, 1.82) is 0 Å². The van der Waals surface area contributed by atoms with Gasteiger partial charge in [0.15, 0.2) is 5.13 Å². The van der Waals surface area contributed by atoms with E-state index in [-0.39, 0.29) is 5.91 Å². The maximum Gasteiger partial charge on any atom is 0.231 e. The van der Waals surface area contributed by atoms with Gasteiger partial charge in [0.1, 0.15) is 0 Å². The number of amides is 1. The molecule has 1 N–H and O–H groups in total. The molecule has 0 fully saturated rings. The number of aromatic nitrogens is 1. The van der Waals surface area contributed by atoms with Gasteiger partial charge in [0.05, 0.1) is 5.69 Å². The summed E-state index contributed by atoms with van der Waals surface area (Å²) >= 11 is 7.48. The molecule has 0 radical (unpaired) electrons. The topological polar surface area (TPSA) is 42.0 Å². The summed E-state index contributed by atoms with van der Waals surface area (Å²) in [5, 5.41) is 4.16. The van der Waals surface area contributed by atoms with Gasteiger partial charge in [-0.05, 0) is 19.1 Å². The lowest BCUT2D eigenvalue weighted by Crippen LogP contribution is -2.27. The normalized spacial score (nSPS) is 11.4. The molecule has 0 aliphatic rings. The molecular formula is C15H17ClN2OS. The van der Waals surface area contributed by atoms with Gasteiger partial charge in [-0.3, -0.25) is 4.79 Å². The van der Waals surface area contributed by atoms with Crippen LogP contribution in [0, 0.1) is 12.3 Å². The Hall–Kier alpha value is -1.39. The van der Waals surface area contributed by atoms with E-state index in [0.717, 1.165) is 16.1 Å². The number of halogens is 1. The minimum absolute atomic E-state index is 0.0381. The van der Waals surface area contributed by atoms with Crippen molar-refractivity contribution in [2.24, 2.45) is 5.41 Å². The largest absolute Gasteiger partial charge is 0.301 e. The molecule has 1 aromatic heterocycles. The highest BCUT2D eigenvalue weighted by molar-refractivity contribution is 7.16. The molecule has 2 rings (SSSR count). The van der Waals surface area contributed by atoms with E-state index in [4.69, 9.17) is 11.6 Å². The van der Waals surface area contributed by atoms with Crippen LogP contribution in [0.2, 0.25) is 5.02 Å². The maximum absolute atomic E-state index is 12.0. The molecule has 0 atom stereocenters. The lowest BCUT2D eigenvalue weighted by atomic mass is 9.96. The number of nitrogens with zero attached hydrogens (tertiary/aromatic N) is 1. The Balaban J connectivity index is 2.29. The van der Waals surface area contributed by atoms with Crippen molar-refractivity contribution in [2.45, 2.75) is 27.7 Å². The third-order valence-corrected chi connectivity index (χ3v) is 3.92. The molecule has 1 heterocycles. The summed E-state index contributed by atoms with van der Waals surface area (Å²) in [6.07, 6.45) is 0. The van der Waals surface area contributed by atoms with Crippen LogP contribution in [0.5, 0.6) is 0 Å². The van der Waals surface area contributed by atoms with Crippen molar-refractivity contribution < 1.29 is 4.79 Å². The Kier molecular flexibility index (Phi) is 4.16. The van der Waals surface area contributed by atoms with E-state index in [1.54, 1.807) is 0 Å². The Labute approximate surface area is 128 Å². The molecule has 5 heteroatoms. The molecule has 106 valence electrons. The highest BCUT2D eigenvalue weighted by Crippen LogP contribution is 2.32. The lowest BCUT2D eigenvalue weighted by Gasteiger charge is -2.15. The summed E-state index contributed by atoms with van der Waals surface area (Å²) in [6, 6.07) is 7.56. The highest BCUT2D eigenvalue weighted by atomic mass is 35.5. The summed E-state index contributed by atoms with van der Waals surface area (Å²) in [5.41, 5.74) is 1.39. The number of benzene rings is 1. The van der Waals surface area contributed by atoms with Gasteiger partial charge in [-0.1, -0.05) is 44.5 Å². The minimum atomic E-state index is -0.435. The molecule has 3 nitrogen and oxygen atoms in total. The van der Waals surface area contributed by atoms with E-state index >= 15 is 0 Å². The van der Waals surface area contributed by atoms with Crippen molar-refractivity contribution in [1.82, 2.24) is 4.98 Å². The summed E-state index contributed by atoms with van der Waals surface area (Å²) < 4.78 is 0. The smallest absolute Gasteiger partial charge is 0.231 e. The molecule has 1 aromatic carbocycles. The quantitative estimate of drug-likeness (QED) is 0.869. The van der Waals surface area contributed by atoms with Crippen LogP contribution in [0.4, 0.5) is 5.13 Å². The van der Waals surface area contributed by atoms with Gasteiger partial charge in [0.25, 0.3) is 0 Å². The zero-order valence-electron chi connectivity index (χ0n) is 12.0. The van der Waals surface area contributed by atoms with E-state index in [9.17, 15) is 4.79 Å². The van der Waals surface area contributed by atoms with Gasteiger partial charge >= 0.3 is 0 Å². The average molecular weight is 309 g/mol. The molecule has 0 spiro atoms. The van der Waals surface area contributed by atoms with Crippen molar-refractivity contribution in [2.75, 3.05) is 5.32 Å². The molecule has 0 unspecified atom stereocenters. The first-order chi connectivity index (χ1) is 9.27. The molecule has 20 heavy (non-hydrogen) atoms. The second kappa shape index (κ2) is 5.54. The van der Waals surface area contributed by atoms with E-state index in [1.165, 1.54) is 11.3 Å². The summed E-state index contributed by atoms with van der Waals surface area (Å²) in [7, 11) is 0. The van der Waals surface area contributed by atoms with Crippen LogP contribution in [-0.2, 0) is 4.79 Å². The zero-order valence-corrected chi connectivity index (χ0v) is 13.5. The first-order valence-electron chi connectivity index (χ1n) is 6.32. The molecule has 0 saturated carbocycles. The average Bonchev–Trinajstić information content (AvgIpc) is 2.69. The second-order valence-corrected chi connectivity index (χ2v) is 7.28. The van der Waals surface area contributed by atoms with Gasteiger partial charge in [0.2, 0.25) is 5.91 Å². The van der Waals surface area contributed by atoms with E-state index in [2.05, 4.69) is 10.3 Å². The summed E-state index contributed by atoms with van der Waals surface area (Å²) in [4.78, 5) is 17.5. The monoisotopic (exact) mass is 308 g/mol. The van der Waals surface area contributed by atoms with Gasteiger partial charge in [-0.2, -0.15) is 0 Å². The Morgan fingerprint density at radius 1 is 1.35 bits per heavy atom. The number of nitrogens with one attached hydrogen (secondary N) is 1. The van der Waals surface area contributed by atoms with Crippen LogP contribution in [0.3, 0.4) is 0 Å². The van der Waals surface area contributed by atoms with Crippen molar-refractivity contribution in [3.63, 3.8) is 0 Å². The number of aryl methyl sites for hydroxylation is 1. The third kappa shape index (κ3) is 3.38. The van der Waals surface area contributed by atoms with Crippen LogP contribution in [0.15, 0.2) is 24.3 Å². The Morgan fingerprint density at radius 2 is 2.05 bits per heavy atom. The van der Waals surface area contributed by atoms with E-state index in [1.807, 2.05) is 52.0 Å². The molecule has 1 amide bonds. The summed E-state index contributed by atoms with van der Waals surface area (Å²) in [6.45, 7) is 7.61. The Bertz CT molecular complexity index is 644. The minimum Gasteiger partial charge on any atom is -0.301 e. The number of carbonyl (C=O) groups is 1. The molecule has 0 saturated heterocycles. The van der Waals surface area contributed by atoms with Crippen molar-refractivity contribution >= 4 is 34.0 Å². The van der Waals surface area contributed by atoms with E-state index < -0.39 is 5.41 Å². The standard InChI is InChI=1S/C15H17ClN2OS/c1-9-12(10-6-5-7-11(16)8-10)17-14(20-9)18-13(19)15(2,3)4/h5-8H,1-4H3,(H,17,18,19). The van der Waals surface area contributed by atoms with Crippen LogP contribution in [-0.4, -0.2) is 10.9 Å². The first-order valence-corrected chi connectivity index (χ1v) is 7.51. The fourth-order valence-electron chi connectivity index (χ4n) is 1.64. The Morgan fingerprint density at radius 3 is 2.65 bits per heavy atom. The van der Waals surface area contributed by atoms with Crippen LogP contribution < -0.4 is 5.32 Å². The fraction of sp³-hybridized carbons (Fsp3) is 0.333. The number of thiazole rings is 1. The van der Waals surface area contributed by atoms with Gasteiger partial charge < -0.3 is 5.32 Å². The van der Waals surface area contributed by atoms with Crippen LogP contribution in [0.25, 0.3) is 11.3 Å². The second-order valence-electron chi connectivity index (χ2n) is 5.64. The fourth-order valence-corrected chi connectivity index (χ4v) is 2.66. The molecule has 2 aromatic rings. The number of carbonyl (C=O) groups excluding carboxylic acids is 1. The van der Waals surface area contributed by atoms with Gasteiger partial charge in [-0.25, -0.2) is 4.98 Å². The third-order valence-electron chi connectivity index (χ3n) is 2.80. The maximum atomic E-state index is 12.0. The van der Waals surface area contributed by atoms with Crippen LogP contribution in [0.1, 0.15) is 25.6 Å². The molecule has 0 bridgehead atoms. The van der Waals surface area contributed by atoms with Crippen molar-refractivity contribution in [3.8, 4) is 11.3 Å². The number of anilines is 1. The highest BCUT2D eigenvalue weighted by Gasteiger charge is 2.22. The molecule has 0 aliphatic heterocycles. The summed E-state index contributed by atoms with van der Waals surface area (Å²) in [5.74, 6) is -0.0381. The predicted octanol–water partition coefficient (Wildman–Crippen LogP) is 4.76. The molecule has 0 aliphatic carbocycles. The number of rotatable bonds is 2. The predicted molar refractivity (Wildman–Crippen MR) is 85.4 cm³/mol. The SMILES string of the molecule is Cc1sc(NC(=O)C(C)(C)C)nc1-c1cccc(Cl)c1. The van der Waals surface area contributed by atoms with Crippen molar-refractivity contribution in [3.05, 3.63) is 34.2 Å². The van der Waals surface area contributed by atoms with E-state index in [0.29, 0.717) is 10.2 Å². The zero-order chi connectivity index (χ0) is 14.9. The van der Waals surface area contributed by atoms with Gasteiger partial charge in [-0.15, -0.1) is 11.3 Å². The van der Waals surface area contributed by atoms with Gasteiger partial charge in [0, 0.05) is 20.9 Å². The van der Waals surface area contributed by atoms with Crippen LogP contribution >= 0.6 is 22.9 Å². The first kappa shape index (κ1) is 15.0. The molecular weight excluding hydrogens is 292 g/mol.